The number of aromatic nitrogens is 2. The molecular weight excluding hydrogens is 258 g/mol. The lowest BCUT2D eigenvalue weighted by Gasteiger charge is -2.10. The molecule has 0 aliphatic heterocycles. The van der Waals surface area contributed by atoms with Gasteiger partial charge in [0.2, 0.25) is 0 Å². The van der Waals surface area contributed by atoms with Crippen LogP contribution in [0.1, 0.15) is 26.1 Å². The van der Waals surface area contributed by atoms with Gasteiger partial charge in [-0.3, -0.25) is 0 Å². The van der Waals surface area contributed by atoms with E-state index in [2.05, 4.69) is 18.8 Å². The maximum Gasteiger partial charge on any atom is 0.184 e. The Morgan fingerprint density at radius 2 is 2.06 bits per heavy atom. The zero-order valence-electron chi connectivity index (χ0n) is 10.4. The van der Waals surface area contributed by atoms with E-state index < -0.39 is 11.6 Å². The Hall–Kier alpha value is -1.16. The summed E-state index contributed by atoms with van der Waals surface area (Å²) < 4.78 is 28.8. The molecule has 0 fully saturated rings. The Bertz CT molecular complexity index is 564. The molecule has 98 valence electrons. The Kier molecular flexibility index (Phi) is 3.85. The molecule has 18 heavy (non-hydrogen) atoms. The third-order valence-electron chi connectivity index (χ3n) is 2.93. The van der Waals surface area contributed by atoms with E-state index >= 15 is 0 Å². The summed E-state index contributed by atoms with van der Waals surface area (Å²) >= 11 is 5.81. The minimum absolute atomic E-state index is 0.188. The molecule has 1 aromatic carbocycles. The average molecular weight is 273 g/mol. The van der Waals surface area contributed by atoms with Gasteiger partial charge in [-0.1, -0.05) is 13.8 Å². The van der Waals surface area contributed by atoms with Gasteiger partial charge in [0.1, 0.15) is 11.3 Å². The van der Waals surface area contributed by atoms with Crippen molar-refractivity contribution in [1.82, 2.24) is 9.55 Å². The largest absolute Gasteiger partial charge is 0.324 e. The van der Waals surface area contributed by atoms with Crippen molar-refractivity contribution in [3.8, 4) is 0 Å². The second kappa shape index (κ2) is 5.22. The van der Waals surface area contributed by atoms with Crippen molar-refractivity contribution < 1.29 is 8.78 Å². The molecule has 0 aliphatic carbocycles. The third-order valence-corrected chi connectivity index (χ3v) is 3.17. The molecule has 0 atom stereocenters. The molecule has 0 N–H and O–H groups in total. The van der Waals surface area contributed by atoms with Crippen LogP contribution in [0.25, 0.3) is 11.0 Å². The molecule has 0 aliphatic rings. The van der Waals surface area contributed by atoms with E-state index in [4.69, 9.17) is 11.6 Å². The summed E-state index contributed by atoms with van der Waals surface area (Å²) in [5, 5.41) is 0. The van der Waals surface area contributed by atoms with Gasteiger partial charge < -0.3 is 4.57 Å². The molecule has 0 bridgehead atoms. The van der Waals surface area contributed by atoms with Gasteiger partial charge in [-0.2, -0.15) is 0 Å². The van der Waals surface area contributed by atoms with Crippen LogP contribution in [0.5, 0.6) is 0 Å². The fourth-order valence-electron chi connectivity index (χ4n) is 1.94. The first-order valence-corrected chi connectivity index (χ1v) is 6.47. The van der Waals surface area contributed by atoms with Crippen molar-refractivity contribution in [2.45, 2.75) is 32.7 Å². The maximum absolute atomic E-state index is 13.9. The highest BCUT2D eigenvalue weighted by atomic mass is 35.5. The van der Waals surface area contributed by atoms with E-state index in [9.17, 15) is 8.78 Å². The number of hydrogen-bond donors (Lipinski definition) is 0. The number of alkyl halides is 1. The predicted octanol–water partition coefficient (Wildman–Crippen LogP) is 4.10. The molecule has 1 heterocycles. The molecule has 2 rings (SSSR count). The molecule has 0 saturated carbocycles. The zero-order valence-corrected chi connectivity index (χ0v) is 11.1. The van der Waals surface area contributed by atoms with Crippen molar-refractivity contribution in [2.75, 3.05) is 0 Å². The number of nitrogens with zero attached hydrogens (tertiary/aromatic N) is 2. The van der Waals surface area contributed by atoms with Crippen molar-refractivity contribution in [1.29, 1.82) is 0 Å². The SMILES string of the molecule is CC(C)CCn1c(CCl)nc2ccc(F)c(F)c21. The second-order valence-corrected chi connectivity index (χ2v) is 4.99. The van der Waals surface area contributed by atoms with Crippen molar-refractivity contribution in [3.05, 3.63) is 29.6 Å². The smallest absolute Gasteiger partial charge is 0.184 e. The lowest BCUT2D eigenvalue weighted by Crippen LogP contribution is -2.06. The Morgan fingerprint density at radius 3 is 2.67 bits per heavy atom. The summed E-state index contributed by atoms with van der Waals surface area (Å²) in [4.78, 5) is 4.24. The Morgan fingerprint density at radius 1 is 1.33 bits per heavy atom. The Balaban J connectivity index is 2.56. The molecule has 2 aromatic rings. The third kappa shape index (κ3) is 2.34. The number of rotatable bonds is 4. The van der Waals surface area contributed by atoms with Crippen LogP contribution in [0.3, 0.4) is 0 Å². The van der Waals surface area contributed by atoms with E-state index in [-0.39, 0.29) is 11.4 Å². The number of fused-ring (bicyclic) bond motifs is 1. The van der Waals surface area contributed by atoms with Crippen LogP contribution in [-0.2, 0) is 12.4 Å². The van der Waals surface area contributed by atoms with Crippen molar-refractivity contribution in [2.24, 2.45) is 5.92 Å². The molecular formula is C13H15ClF2N2. The van der Waals surface area contributed by atoms with E-state index in [0.29, 0.717) is 23.8 Å². The van der Waals surface area contributed by atoms with Crippen LogP contribution in [0.15, 0.2) is 12.1 Å². The normalized spacial score (nSPS) is 11.7. The minimum atomic E-state index is -0.852. The summed E-state index contributed by atoms with van der Waals surface area (Å²) in [5.74, 6) is -0.457. The fourth-order valence-corrected chi connectivity index (χ4v) is 2.14. The van der Waals surface area contributed by atoms with Crippen molar-refractivity contribution >= 4 is 22.6 Å². The number of benzene rings is 1. The quantitative estimate of drug-likeness (QED) is 0.766. The number of aryl methyl sites for hydroxylation is 1. The molecule has 0 radical (unpaired) electrons. The monoisotopic (exact) mass is 272 g/mol. The highest BCUT2D eigenvalue weighted by molar-refractivity contribution is 6.16. The van der Waals surface area contributed by atoms with Gasteiger partial charge in [0, 0.05) is 6.54 Å². The van der Waals surface area contributed by atoms with Crippen LogP contribution >= 0.6 is 11.6 Å². The zero-order chi connectivity index (χ0) is 13.3. The molecule has 0 unspecified atom stereocenters. The summed E-state index contributed by atoms with van der Waals surface area (Å²) in [6, 6.07) is 2.57. The van der Waals surface area contributed by atoms with Crippen LogP contribution in [0, 0.1) is 17.6 Å². The highest BCUT2D eigenvalue weighted by Gasteiger charge is 2.16. The van der Waals surface area contributed by atoms with Gasteiger partial charge >= 0.3 is 0 Å². The van der Waals surface area contributed by atoms with Gasteiger partial charge in [-0.15, -0.1) is 11.6 Å². The topological polar surface area (TPSA) is 17.8 Å². The van der Waals surface area contributed by atoms with Gasteiger partial charge in [0.25, 0.3) is 0 Å². The first-order chi connectivity index (χ1) is 8.54. The molecule has 1 aromatic heterocycles. The first kappa shape index (κ1) is 13.3. The summed E-state index contributed by atoms with van der Waals surface area (Å²) in [6.07, 6.45) is 0.866. The van der Waals surface area contributed by atoms with Crippen LogP contribution in [0.4, 0.5) is 8.78 Å². The summed E-state index contributed by atoms with van der Waals surface area (Å²) in [7, 11) is 0. The second-order valence-electron chi connectivity index (χ2n) is 4.72. The molecule has 0 amide bonds. The average Bonchev–Trinajstić information content (AvgIpc) is 2.69. The van der Waals surface area contributed by atoms with Crippen LogP contribution in [-0.4, -0.2) is 9.55 Å². The highest BCUT2D eigenvalue weighted by Crippen LogP contribution is 2.23. The van der Waals surface area contributed by atoms with Gasteiger partial charge in [-0.05, 0) is 24.5 Å². The van der Waals surface area contributed by atoms with E-state index in [1.165, 1.54) is 6.07 Å². The number of halogens is 3. The van der Waals surface area contributed by atoms with Crippen LogP contribution < -0.4 is 0 Å². The predicted molar refractivity (Wildman–Crippen MR) is 68.7 cm³/mol. The van der Waals surface area contributed by atoms with E-state index in [1.54, 1.807) is 4.57 Å². The summed E-state index contributed by atoms with van der Waals surface area (Å²) in [5.41, 5.74) is 0.666. The lowest BCUT2D eigenvalue weighted by molar-refractivity contribution is 0.493. The van der Waals surface area contributed by atoms with Crippen molar-refractivity contribution in [3.63, 3.8) is 0 Å². The lowest BCUT2D eigenvalue weighted by atomic mass is 10.1. The molecule has 0 spiro atoms. The standard InChI is InChI=1S/C13H15ClF2N2/c1-8(2)5-6-18-11(7-14)17-10-4-3-9(15)12(16)13(10)18/h3-4,8H,5-7H2,1-2H3. The van der Waals surface area contributed by atoms with E-state index in [1.807, 2.05) is 0 Å². The van der Waals surface area contributed by atoms with Crippen LogP contribution in [0.2, 0.25) is 0 Å². The molecule has 0 saturated heterocycles. The number of imidazole rings is 1. The molecule has 5 heteroatoms. The van der Waals surface area contributed by atoms with Gasteiger partial charge in [0.15, 0.2) is 11.6 Å². The maximum atomic E-state index is 13.9. The first-order valence-electron chi connectivity index (χ1n) is 5.93. The van der Waals surface area contributed by atoms with E-state index in [0.717, 1.165) is 12.5 Å². The fraction of sp³-hybridized carbons (Fsp3) is 0.462. The summed E-state index contributed by atoms with van der Waals surface area (Å²) in [6.45, 7) is 4.75. The van der Waals surface area contributed by atoms with Gasteiger partial charge in [-0.25, -0.2) is 13.8 Å². The minimum Gasteiger partial charge on any atom is -0.324 e. The number of hydrogen-bond acceptors (Lipinski definition) is 1. The van der Waals surface area contributed by atoms with Gasteiger partial charge in [0.05, 0.1) is 11.4 Å². The molecule has 2 nitrogen and oxygen atoms in total. The Labute approximate surface area is 110 Å².